The number of aliphatic hydroxyl groups excluding tert-OH is 1. The molecular formula is C9H11ClFNO. The molecule has 13 heavy (non-hydrogen) atoms. The van der Waals surface area contributed by atoms with E-state index in [1.165, 1.54) is 25.1 Å². The van der Waals surface area contributed by atoms with Crippen LogP contribution in [0.15, 0.2) is 18.2 Å². The van der Waals surface area contributed by atoms with Crippen LogP contribution < -0.4 is 5.73 Å². The Morgan fingerprint density at radius 2 is 2.15 bits per heavy atom. The zero-order valence-corrected chi connectivity index (χ0v) is 7.92. The molecule has 3 N–H and O–H groups in total. The van der Waals surface area contributed by atoms with E-state index in [0.717, 1.165) is 0 Å². The van der Waals surface area contributed by atoms with Gasteiger partial charge < -0.3 is 10.8 Å². The molecule has 1 aromatic carbocycles. The molecule has 0 amide bonds. The van der Waals surface area contributed by atoms with Gasteiger partial charge in [-0.1, -0.05) is 11.6 Å². The first-order chi connectivity index (χ1) is 6.02. The van der Waals surface area contributed by atoms with Crippen LogP contribution in [0.1, 0.15) is 18.5 Å². The van der Waals surface area contributed by atoms with Crippen molar-refractivity contribution in [3.8, 4) is 0 Å². The topological polar surface area (TPSA) is 46.2 Å². The second-order valence-corrected chi connectivity index (χ2v) is 3.37. The fraction of sp³-hybridized carbons (Fsp3) is 0.333. The van der Waals surface area contributed by atoms with E-state index in [9.17, 15) is 4.39 Å². The Kier molecular flexibility index (Phi) is 3.25. The Balaban J connectivity index is 3.05. The minimum Gasteiger partial charge on any atom is -0.391 e. The van der Waals surface area contributed by atoms with Crippen molar-refractivity contribution in [3.05, 3.63) is 34.6 Å². The summed E-state index contributed by atoms with van der Waals surface area (Å²) in [5, 5.41) is 9.56. The van der Waals surface area contributed by atoms with Crippen LogP contribution in [0.5, 0.6) is 0 Å². The van der Waals surface area contributed by atoms with Crippen molar-refractivity contribution in [2.75, 3.05) is 0 Å². The number of aliphatic hydroxyl groups is 1. The quantitative estimate of drug-likeness (QED) is 0.771. The molecule has 0 fully saturated rings. The molecule has 0 aliphatic rings. The predicted molar refractivity (Wildman–Crippen MR) is 50.0 cm³/mol. The van der Waals surface area contributed by atoms with Gasteiger partial charge in [0.05, 0.1) is 12.1 Å². The summed E-state index contributed by atoms with van der Waals surface area (Å²) in [4.78, 5) is 0. The van der Waals surface area contributed by atoms with Crippen LogP contribution in [0.2, 0.25) is 5.02 Å². The van der Waals surface area contributed by atoms with E-state index in [0.29, 0.717) is 5.02 Å². The minimum atomic E-state index is -0.798. The number of hydrogen-bond acceptors (Lipinski definition) is 2. The number of rotatable bonds is 2. The molecule has 0 heterocycles. The molecular weight excluding hydrogens is 193 g/mol. The van der Waals surface area contributed by atoms with Gasteiger partial charge in [0, 0.05) is 10.6 Å². The molecule has 0 spiro atoms. The first-order valence-corrected chi connectivity index (χ1v) is 4.28. The number of hydrogen-bond donors (Lipinski definition) is 2. The molecule has 1 rings (SSSR count). The molecule has 1 aromatic rings. The van der Waals surface area contributed by atoms with Crippen molar-refractivity contribution in [2.45, 2.75) is 19.1 Å². The Bertz CT molecular complexity index is 304. The monoisotopic (exact) mass is 203 g/mol. The van der Waals surface area contributed by atoms with Gasteiger partial charge in [-0.25, -0.2) is 4.39 Å². The third-order valence-electron chi connectivity index (χ3n) is 1.84. The molecule has 0 bridgehead atoms. The Morgan fingerprint density at radius 1 is 1.54 bits per heavy atom. The number of benzene rings is 1. The van der Waals surface area contributed by atoms with Gasteiger partial charge in [0.25, 0.3) is 0 Å². The Morgan fingerprint density at radius 3 is 2.69 bits per heavy atom. The fourth-order valence-electron chi connectivity index (χ4n) is 1.03. The summed E-state index contributed by atoms with van der Waals surface area (Å²) < 4.78 is 13.1. The van der Waals surface area contributed by atoms with Gasteiger partial charge in [0.15, 0.2) is 0 Å². The first kappa shape index (κ1) is 10.4. The molecule has 0 aliphatic carbocycles. The average Bonchev–Trinajstić information content (AvgIpc) is 2.08. The normalized spacial score (nSPS) is 15.5. The standard InChI is InChI=1S/C9H11ClFNO/c1-5(13)9(12)7-4-6(10)2-3-8(7)11/h2-5,9,13H,12H2,1H3/t5?,9-/m1/s1. The Hall–Kier alpha value is -0.640. The fourth-order valence-corrected chi connectivity index (χ4v) is 1.21. The van der Waals surface area contributed by atoms with E-state index in [4.69, 9.17) is 22.4 Å². The van der Waals surface area contributed by atoms with E-state index in [1.54, 1.807) is 0 Å². The second-order valence-electron chi connectivity index (χ2n) is 2.93. The van der Waals surface area contributed by atoms with Gasteiger partial charge >= 0.3 is 0 Å². The molecule has 1 unspecified atom stereocenters. The largest absolute Gasteiger partial charge is 0.391 e. The summed E-state index contributed by atoms with van der Waals surface area (Å²) in [5.41, 5.74) is 5.80. The van der Waals surface area contributed by atoms with Crippen molar-refractivity contribution in [1.29, 1.82) is 0 Å². The van der Waals surface area contributed by atoms with Crippen LogP contribution >= 0.6 is 11.6 Å². The molecule has 0 radical (unpaired) electrons. The van der Waals surface area contributed by atoms with Crippen LogP contribution in [-0.2, 0) is 0 Å². The highest BCUT2D eigenvalue weighted by atomic mass is 35.5. The van der Waals surface area contributed by atoms with Crippen LogP contribution in [-0.4, -0.2) is 11.2 Å². The van der Waals surface area contributed by atoms with Crippen molar-refractivity contribution in [2.24, 2.45) is 5.73 Å². The smallest absolute Gasteiger partial charge is 0.128 e. The summed E-state index contributed by atoms with van der Waals surface area (Å²) in [7, 11) is 0. The predicted octanol–water partition coefficient (Wildman–Crippen LogP) is 1.86. The minimum absolute atomic E-state index is 0.238. The molecule has 0 saturated heterocycles. The van der Waals surface area contributed by atoms with Gasteiger partial charge in [-0.2, -0.15) is 0 Å². The van der Waals surface area contributed by atoms with Gasteiger partial charge in [-0.3, -0.25) is 0 Å². The third kappa shape index (κ3) is 2.40. The molecule has 2 atom stereocenters. The van der Waals surface area contributed by atoms with Crippen LogP contribution in [0.3, 0.4) is 0 Å². The lowest BCUT2D eigenvalue weighted by Gasteiger charge is -2.15. The average molecular weight is 204 g/mol. The highest BCUT2D eigenvalue weighted by Gasteiger charge is 2.16. The van der Waals surface area contributed by atoms with Gasteiger partial charge in [-0.15, -0.1) is 0 Å². The number of halogens is 2. The van der Waals surface area contributed by atoms with Crippen molar-refractivity contribution < 1.29 is 9.50 Å². The number of nitrogens with two attached hydrogens (primary N) is 1. The SMILES string of the molecule is CC(O)[C@@H](N)c1cc(Cl)ccc1F. The van der Waals surface area contributed by atoms with Crippen molar-refractivity contribution in [3.63, 3.8) is 0 Å². The lowest BCUT2D eigenvalue weighted by molar-refractivity contribution is 0.162. The molecule has 0 aromatic heterocycles. The molecule has 2 nitrogen and oxygen atoms in total. The van der Waals surface area contributed by atoms with Gasteiger partial charge in [-0.05, 0) is 25.1 Å². The zero-order chi connectivity index (χ0) is 10.0. The van der Waals surface area contributed by atoms with E-state index >= 15 is 0 Å². The van der Waals surface area contributed by atoms with Gasteiger partial charge in [0.2, 0.25) is 0 Å². The van der Waals surface area contributed by atoms with Crippen LogP contribution in [0.25, 0.3) is 0 Å². The lowest BCUT2D eigenvalue weighted by atomic mass is 10.0. The zero-order valence-electron chi connectivity index (χ0n) is 7.17. The first-order valence-electron chi connectivity index (χ1n) is 3.91. The third-order valence-corrected chi connectivity index (χ3v) is 2.07. The van der Waals surface area contributed by atoms with E-state index in [-0.39, 0.29) is 5.56 Å². The summed E-state index contributed by atoms with van der Waals surface area (Å²) >= 11 is 5.66. The second kappa shape index (κ2) is 4.05. The maximum absolute atomic E-state index is 13.1. The summed E-state index contributed by atoms with van der Waals surface area (Å²) in [6.07, 6.45) is -0.798. The Labute approximate surface area is 81.1 Å². The van der Waals surface area contributed by atoms with Crippen LogP contribution in [0.4, 0.5) is 4.39 Å². The van der Waals surface area contributed by atoms with Crippen LogP contribution in [0, 0.1) is 5.82 Å². The van der Waals surface area contributed by atoms with Gasteiger partial charge in [0.1, 0.15) is 5.82 Å². The molecule has 72 valence electrons. The molecule has 0 aliphatic heterocycles. The highest BCUT2D eigenvalue weighted by molar-refractivity contribution is 6.30. The highest BCUT2D eigenvalue weighted by Crippen LogP contribution is 2.21. The van der Waals surface area contributed by atoms with E-state index < -0.39 is 18.0 Å². The molecule has 0 saturated carbocycles. The maximum atomic E-state index is 13.1. The summed E-state index contributed by atoms with van der Waals surface area (Å²) in [6, 6.07) is 3.36. The van der Waals surface area contributed by atoms with Crippen molar-refractivity contribution >= 4 is 11.6 Å². The summed E-state index contributed by atoms with van der Waals surface area (Å²) in [5.74, 6) is -0.446. The van der Waals surface area contributed by atoms with E-state index in [1.807, 2.05) is 0 Å². The maximum Gasteiger partial charge on any atom is 0.128 e. The lowest BCUT2D eigenvalue weighted by Crippen LogP contribution is -2.24. The van der Waals surface area contributed by atoms with E-state index in [2.05, 4.69) is 0 Å². The summed E-state index contributed by atoms with van der Waals surface area (Å²) in [6.45, 7) is 1.50. The molecule has 4 heteroatoms. The van der Waals surface area contributed by atoms with Crippen molar-refractivity contribution in [1.82, 2.24) is 0 Å².